The average Bonchev–Trinajstić information content (AvgIpc) is 3.16. The fourth-order valence-corrected chi connectivity index (χ4v) is 3.92. The molecule has 2 aromatic rings. The van der Waals surface area contributed by atoms with Crippen LogP contribution in [-0.2, 0) is 4.74 Å². The second-order valence-electron chi connectivity index (χ2n) is 6.31. The normalized spacial score (nSPS) is 22.4. The van der Waals surface area contributed by atoms with Crippen LogP contribution < -0.4 is 5.32 Å². The lowest BCUT2D eigenvalue weighted by Gasteiger charge is -2.37. The zero-order valence-corrected chi connectivity index (χ0v) is 15.2. The number of nitrogens with one attached hydrogen (secondary N) is 1. The highest BCUT2D eigenvalue weighted by molar-refractivity contribution is 7.07. The molecule has 0 unspecified atom stereocenters. The van der Waals surface area contributed by atoms with E-state index in [1.165, 1.54) is 0 Å². The molecular formula is C17H23N3O3S. The second kappa shape index (κ2) is 6.94. The van der Waals surface area contributed by atoms with E-state index in [4.69, 9.17) is 9.26 Å². The molecule has 24 heavy (non-hydrogen) atoms. The molecule has 0 aromatic carbocycles. The number of hydrogen-bond acceptors (Lipinski definition) is 5. The first kappa shape index (κ1) is 17.0. The molecule has 1 aliphatic rings. The lowest BCUT2D eigenvalue weighted by Crippen LogP contribution is -2.50. The molecule has 3 atom stereocenters. The highest BCUT2D eigenvalue weighted by Gasteiger charge is 2.30. The van der Waals surface area contributed by atoms with Crippen molar-refractivity contribution < 1.29 is 14.1 Å². The Morgan fingerprint density at radius 2 is 2.25 bits per heavy atom. The number of nitrogens with zero attached hydrogens (tertiary/aromatic N) is 2. The quantitative estimate of drug-likeness (QED) is 0.919. The Morgan fingerprint density at radius 3 is 2.88 bits per heavy atom. The van der Waals surface area contributed by atoms with Crippen LogP contribution in [0.4, 0.5) is 4.79 Å². The molecule has 3 rings (SSSR count). The van der Waals surface area contributed by atoms with Gasteiger partial charge in [-0.2, -0.15) is 11.3 Å². The zero-order valence-electron chi connectivity index (χ0n) is 14.4. The Morgan fingerprint density at radius 1 is 1.46 bits per heavy atom. The van der Waals surface area contributed by atoms with Crippen molar-refractivity contribution in [1.82, 2.24) is 15.4 Å². The smallest absolute Gasteiger partial charge is 0.318 e. The summed E-state index contributed by atoms with van der Waals surface area (Å²) >= 11 is 1.64. The predicted molar refractivity (Wildman–Crippen MR) is 92.1 cm³/mol. The standard InChI is InChI=1S/C17H23N3O3S/c1-10-7-20(8-15(22-10)14-5-6-24-9-14)17(21)18-11(2)16-12(3)19-23-13(16)4/h5-6,9-11,15H,7-8H2,1-4H3,(H,18,21)/t10-,11-,15+/m0/s1. The van der Waals surface area contributed by atoms with Crippen LogP contribution in [0, 0.1) is 13.8 Å². The Hall–Kier alpha value is -1.86. The minimum atomic E-state index is -0.151. The summed E-state index contributed by atoms with van der Waals surface area (Å²) in [5.41, 5.74) is 2.88. The summed E-state index contributed by atoms with van der Waals surface area (Å²) < 4.78 is 11.2. The first-order valence-electron chi connectivity index (χ1n) is 8.11. The molecular weight excluding hydrogens is 326 g/mol. The first-order chi connectivity index (χ1) is 11.5. The number of aromatic nitrogens is 1. The topological polar surface area (TPSA) is 67.6 Å². The third-order valence-electron chi connectivity index (χ3n) is 4.32. The minimum absolute atomic E-state index is 0.00349. The molecule has 0 saturated carbocycles. The fraction of sp³-hybridized carbons (Fsp3) is 0.529. The van der Waals surface area contributed by atoms with Gasteiger partial charge in [-0.1, -0.05) is 5.16 Å². The third-order valence-corrected chi connectivity index (χ3v) is 5.03. The minimum Gasteiger partial charge on any atom is -0.367 e. The van der Waals surface area contributed by atoms with E-state index >= 15 is 0 Å². The van der Waals surface area contributed by atoms with Crippen molar-refractivity contribution in [2.24, 2.45) is 0 Å². The van der Waals surface area contributed by atoms with Gasteiger partial charge >= 0.3 is 6.03 Å². The Balaban J connectivity index is 1.68. The summed E-state index contributed by atoms with van der Waals surface area (Å²) in [5, 5.41) is 11.1. The molecule has 1 fully saturated rings. The summed E-state index contributed by atoms with van der Waals surface area (Å²) in [6.45, 7) is 8.84. The van der Waals surface area contributed by atoms with Gasteiger partial charge < -0.3 is 19.5 Å². The summed E-state index contributed by atoms with van der Waals surface area (Å²) in [7, 11) is 0. The van der Waals surface area contributed by atoms with Gasteiger partial charge in [0.2, 0.25) is 0 Å². The van der Waals surface area contributed by atoms with Crippen LogP contribution in [0.3, 0.4) is 0 Å². The Kier molecular flexibility index (Phi) is 4.91. The largest absolute Gasteiger partial charge is 0.367 e. The summed E-state index contributed by atoms with van der Waals surface area (Å²) in [6.07, 6.45) is -0.0658. The predicted octanol–water partition coefficient (Wildman–Crippen LogP) is 3.59. The van der Waals surface area contributed by atoms with Crippen molar-refractivity contribution in [1.29, 1.82) is 0 Å². The van der Waals surface area contributed by atoms with Gasteiger partial charge in [0.1, 0.15) is 11.9 Å². The lowest BCUT2D eigenvalue weighted by molar-refractivity contribution is -0.0657. The number of ether oxygens (including phenoxy) is 1. The second-order valence-corrected chi connectivity index (χ2v) is 7.09. The molecule has 2 amide bonds. The van der Waals surface area contributed by atoms with E-state index < -0.39 is 0 Å². The molecule has 0 bridgehead atoms. The number of hydrogen-bond donors (Lipinski definition) is 1. The number of urea groups is 1. The van der Waals surface area contributed by atoms with Crippen LogP contribution in [0.15, 0.2) is 21.3 Å². The first-order valence-corrected chi connectivity index (χ1v) is 9.05. The van der Waals surface area contributed by atoms with Gasteiger partial charge in [0, 0.05) is 12.1 Å². The van der Waals surface area contributed by atoms with Crippen molar-refractivity contribution in [3.63, 3.8) is 0 Å². The van der Waals surface area contributed by atoms with Crippen molar-refractivity contribution in [3.05, 3.63) is 39.4 Å². The van der Waals surface area contributed by atoms with E-state index in [0.29, 0.717) is 13.1 Å². The monoisotopic (exact) mass is 349 g/mol. The van der Waals surface area contributed by atoms with E-state index in [1.807, 2.05) is 38.0 Å². The van der Waals surface area contributed by atoms with E-state index in [2.05, 4.69) is 21.9 Å². The molecule has 6 nitrogen and oxygen atoms in total. The van der Waals surface area contributed by atoms with Crippen LogP contribution in [0.2, 0.25) is 0 Å². The van der Waals surface area contributed by atoms with Crippen LogP contribution in [0.25, 0.3) is 0 Å². The molecule has 2 aromatic heterocycles. The van der Waals surface area contributed by atoms with Crippen molar-refractivity contribution in [2.45, 2.75) is 45.9 Å². The van der Waals surface area contributed by atoms with E-state index in [-0.39, 0.29) is 24.3 Å². The highest BCUT2D eigenvalue weighted by atomic mass is 32.1. The Bertz CT molecular complexity index is 679. The molecule has 0 aliphatic carbocycles. The number of morpholine rings is 1. The van der Waals surface area contributed by atoms with Gasteiger partial charge in [-0.15, -0.1) is 0 Å². The maximum Gasteiger partial charge on any atom is 0.318 e. The summed E-state index contributed by atoms with van der Waals surface area (Å²) in [5.74, 6) is 0.742. The van der Waals surface area contributed by atoms with Crippen LogP contribution in [-0.4, -0.2) is 35.3 Å². The average molecular weight is 349 g/mol. The number of aryl methyl sites for hydroxylation is 2. The van der Waals surface area contributed by atoms with E-state index in [0.717, 1.165) is 22.6 Å². The molecule has 1 N–H and O–H groups in total. The lowest BCUT2D eigenvalue weighted by atomic mass is 10.1. The van der Waals surface area contributed by atoms with Gasteiger partial charge in [-0.05, 0) is 50.1 Å². The number of rotatable bonds is 3. The van der Waals surface area contributed by atoms with Gasteiger partial charge in [0.25, 0.3) is 0 Å². The van der Waals surface area contributed by atoms with Crippen molar-refractivity contribution in [3.8, 4) is 0 Å². The molecule has 1 aliphatic heterocycles. The number of amides is 2. The molecule has 1 saturated heterocycles. The molecule has 7 heteroatoms. The molecule has 0 radical (unpaired) electrons. The van der Waals surface area contributed by atoms with Gasteiger partial charge in [-0.25, -0.2) is 4.79 Å². The van der Waals surface area contributed by atoms with Gasteiger partial charge in [0.15, 0.2) is 0 Å². The highest BCUT2D eigenvalue weighted by Crippen LogP contribution is 2.27. The fourth-order valence-electron chi connectivity index (χ4n) is 3.22. The van der Waals surface area contributed by atoms with E-state index in [1.54, 1.807) is 11.3 Å². The van der Waals surface area contributed by atoms with Crippen molar-refractivity contribution >= 4 is 17.4 Å². The summed E-state index contributed by atoms with van der Waals surface area (Å²) in [6, 6.07) is 1.81. The van der Waals surface area contributed by atoms with Gasteiger partial charge in [-0.3, -0.25) is 0 Å². The van der Waals surface area contributed by atoms with E-state index in [9.17, 15) is 4.79 Å². The third kappa shape index (κ3) is 3.47. The number of carbonyl (C=O) groups excluding carboxylic acids is 1. The molecule has 130 valence electrons. The number of carbonyl (C=O) groups is 1. The van der Waals surface area contributed by atoms with Crippen molar-refractivity contribution in [2.75, 3.05) is 13.1 Å². The van der Waals surface area contributed by atoms with Crippen LogP contribution in [0.1, 0.15) is 48.6 Å². The maximum absolute atomic E-state index is 12.7. The molecule has 0 spiro atoms. The van der Waals surface area contributed by atoms with Crippen LogP contribution >= 0.6 is 11.3 Å². The van der Waals surface area contributed by atoms with Crippen LogP contribution in [0.5, 0.6) is 0 Å². The SMILES string of the molecule is Cc1noc(C)c1[C@H](C)NC(=O)N1C[C@H](C)O[C@@H](c2ccsc2)C1. The number of thiophene rings is 1. The molecule has 3 heterocycles. The van der Waals surface area contributed by atoms with Gasteiger partial charge in [0.05, 0.1) is 24.4 Å². The Labute approximate surface area is 145 Å². The zero-order chi connectivity index (χ0) is 17.3. The maximum atomic E-state index is 12.7. The summed E-state index contributed by atoms with van der Waals surface area (Å²) in [4.78, 5) is 14.5.